The molecule has 0 aromatic heterocycles. The lowest BCUT2D eigenvalue weighted by atomic mass is 9.99. The Balaban J connectivity index is 2.29. The Morgan fingerprint density at radius 2 is 2.06 bits per heavy atom. The number of halogens is 4. The molecule has 17 heavy (non-hydrogen) atoms. The van der Waals surface area contributed by atoms with Crippen LogP contribution in [0.4, 0.5) is 13.2 Å². The Hall–Kier alpha value is -1.23. The van der Waals surface area contributed by atoms with Gasteiger partial charge in [0.15, 0.2) is 6.10 Å². The van der Waals surface area contributed by atoms with Crippen molar-refractivity contribution in [2.45, 2.75) is 18.7 Å². The molecule has 0 amide bonds. The van der Waals surface area contributed by atoms with Gasteiger partial charge in [0.2, 0.25) is 0 Å². The van der Waals surface area contributed by atoms with Gasteiger partial charge in [0, 0.05) is 12.0 Å². The summed E-state index contributed by atoms with van der Waals surface area (Å²) in [6, 6.07) is 5.34. The maximum atomic E-state index is 12.8. The number of alkyl halides is 4. The predicted molar refractivity (Wildman–Crippen MR) is 58.0 cm³/mol. The third kappa shape index (κ3) is 2.54. The molecular weight excluding hydrogens is 255 g/mol. The molecule has 1 atom stereocenters. The molecule has 0 fully saturated rings. The first-order valence-corrected chi connectivity index (χ1v) is 5.49. The smallest absolute Gasteiger partial charge is 0.387 e. The summed E-state index contributed by atoms with van der Waals surface area (Å²) in [5.41, 5.74) is -0.0199. The second-order valence-electron chi connectivity index (χ2n) is 3.67. The normalized spacial score (nSPS) is 20.0. The highest BCUT2D eigenvalue weighted by molar-refractivity contribution is 6.28. The molecule has 1 aliphatic rings. The van der Waals surface area contributed by atoms with E-state index in [9.17, 15) is 13.2 Å². The summed E-state index contributed by atoms with van der Waals surface area (Å²) in [6.45, 7) is 0. The van der Waals surface area contributed by atoms with Gasteiger partial charge in [-0.3, -0.25) is 0 Å². The lowest BCUT2D eigenvalue weighted by molar-refractivity contribution is -0.139. The van der Waals surface area contributed by atoms with Crippen LogP contribution in [0.25, 0.3) is 0 Å². The van der Waals surface area contributed by atoms with Crippen molar-refractivity contribution in [3.8, 4) is 0 Å². The topological polar surface area (TPSA) is 21.6 Å². The number of nitrogens with zero attached hydrogens (tertiary/aromatic N) is 1. The number of benzene rings is 1. The maximum absolute atomic E-state index is 12.8. The summed E-state index contributed by atoms with van der Waals surface area (Å²) in [7, 11) is 0. The molecule has 0 bridgehead atoms. The number of rotatable bonds is 2. The van der Waals surface area contributed by atoms with Gasteiger partial charge in [-0.15, -0.1) is 11.6 Å². The fourth-order valence-corrected chi connectivity index (χ4v) is 1.87. The molecular formula is C11H9ClF3NO. The van der Waals surface area contributed by atoms with Crippen molar-refractivity contribution >= 4 is 17.3 Å². The molecule has 1 heterocycles. The highest BCUT2D eigenvalue weighted by atomic mass is 35.5. The summed E-state index contributed by atoms with van der Waals surface area (Å²) in [5, 5.41) is 3.65. The zero-order valence-corrected chi connectivity index (χ0v) is 9.42. The zero-order valence-electron chi connectivity index (χ0n) is 8.67. The van der Waals surface area contributed by atoms with Gasteiger partial charge in [-0.2, -0.15) is 13.2 Å². The SMILES string of the molecule is FC(F)(F)c1ccccc1C1CC(CCl)=NO1. The van der Waals surface area contributed by atoms with E-state index < -0.39 is 17.8 Å². The summed E-state index contributed by atoms with van der Waals surface area (Å²) in [5.74, 6) is 0.171. The van der Waals surface area contributed by atoms with E-state index in [1.165, 1.54) is 12.1 Å². The van der Waals surface area contributed by atoms with Gasteiger partial charge in [0.05, 0.1) is 17.2 Å². The predicted octanol–water partition coefficient (Wildman–Crippen LogP) is 3.76. The minimum atomic E-state index is -4.39. The van der Waals surface area contributed by atoms with Crippen molar-refractivity contribution in [2.24, 2.45) is 5.16 Å². The minimum absolute atomic E-state index is 0.101. The average Bonchev–Trinajstić information content (AvgIpc) is 2.76. The molecule has 0 radical (unpaired) electrons. The Morgan fingerprint density at radius 1 is 1.35 bits per heavy atom. The molecule has 0 saturated heterocycles. The summed E-state index contributed by atoms with van der Waals surface area (Å²) >= 11 is 5.56. The van der Waals surface area contributed by atoms with Crippen LogP contribution in [-0.4, -0.2) is 11.6 Å². The second kappa shape index (κ2) is 4.56. The molecule has 1 aromatic rings. The minimum Gasteiger partial charge on any atom is -0.387 e. The van der Waals surface area contributed by atoms with Gasteiger partial charge in [0.25, 0.3) is 0 Å². The van der Waals surface area contributed by atoms with Crippen molar-refractivity contribution < 1.29 is 18.0 Å². The van der Waals surface area contributed by atoms with Crippen molar-refractivity contribution in [1.29, 1.82) is 0 Å². The molecule has 0 spiro atoms. The van der Waals surface area contributed by atoms with Crippen LogP contribution in [0.1, 0.15) is 23.7 Å². The molecule has 92 valence electrons. The van der Waals surface area contributed by atoms with Gasteiger partial charge in [-0.25, -0.2) is 0 Å². The van der Waals surface area contributed by atoms with E-state index in [0.29, 0.717) is 12.1 Å². The van der Waals surface area contributed by atoms with Gasteiger partial charge in [-0.1, -0.05) is 23.4 Å². The third-order valence-corrected chi connectivity index (χ3v) is 2.81. The van der Waals surface area contributed by atoms with Crippen molar-refractivity contribution in [3.05, 3.63) is 35.4 Å². The van der Waals surface area contributed by atoms with Gasteiger partial charge >= 0.3 is 6.18 Å². The standard InChI is InChI=1S/C11H9ClF3NO/c12-6-7-5-10(17-16-7)8-3-1-2-4-9(8)11(13,14)15/h1-4,10H,5-6H2. The van der Waals surface area contributed by atoms with Crippen molar-refractivity contribution in [3.63, 3.8) is 0 Å². The molecule has 0 aliphatic carbocycles. The van der Waals surface area contributed by atoms with Gasteiger partial charge in [0.1, 0.15) is 0 Å². The first kappa shape index (κ1) is 12.2. The summed E-state index contributed by atoms with van der Waals surface area (Å²) in [4.78, 5) is 4.98. The van der Waals surface area contributed by atoms with Crippen LogP contribution in [0.2, 0.25) is 0 Å². The highest BCUT2D eigenvalue weighted by Gasteiger charge is 2.36. The highest BCUT2D eigenvalue weighted by Crippen LogP contribution is 2.38. The zero-order chi connectivity index (χ0) is 12.5. The van der Waals surface area contributed by atoms with E-state index in [1.54, 1.807) is 6.07 Å². The van der Waals surface area contributed by atoms with E-state index in [1.807, 2.05) is 0 Å². The molecule has 2 nitrogen and oxygen atoms in total. The van der Waals surface area contributed by atoms with Crippen LogP contribution in [0.3, 0.4) is 0 Å². The van der Waals surface area contributed by atoms with E-state index in [4.69, 9.17) is 16.4 Å². The van der Waals surface area contributed by atoms with E-state index in [-0.39, 0.29) is 11.4 Å². The number of oxime groups is 1. The monoisotopic (exact) mass is 263 g/mol. The van der Waals surface area contributed by atoms with E-state index >= 15 is 0 Å². The molecule has 1 unspecified atom stereocenters. The lowest BCUT2D eigenvalue weighted by Crippen LogP contribution is -2.12. The fourth-order valence-electron chi connectivity index (χ4n) is 1.71. The van der Waals surface area contributed by atoms with Crippen LogP contribution in [0.5, 0.6) is 0 Å². The lowest BCUT2D eigenvalue weighted by Gasteiger charge is -2.15. The van der Waals surface area contributed by atoms with Crippen LogP contribution >= 0.6 is 11.6 Å². The first-order chi connectivity index (χ1) is 8.02. The summed E-state index contributed by atoms with van der Waals surface area (Å²) in [6.07, 6.45) is -4.78. The maximum Gasteiger partial charge on any atom is 0.416 e. The molecule has 0 N–H and O–H groups in total. The molecule has 0 saturated carbocycles. The third-order valence-electron chi connectivity index (χ3n) is 2.50. The molecule has 1 aliphatic heterocycles. The first-order valence-electron chi connectivity index (χ1n) is 4.96. The quantitative estimate of drug-likeness (QED) is 0.745. The molecule has 6 heteroatoms. The van der Waals surface area contributed by atoms with Crippen molar-refractivity contribution in [1.82, 2.24) is 0 Å². The Kier molecular flexibility index (Phi) is 3.28. The Labute approximate surface area is 101 Å². The van der Waals surface area contributed by atoms with E-state index in [2.05, 4.69) is 5.16 Å². The fraction of sp³-hybridized carbons (Fsp3) is 0.364. The molecule has 1 aromatic carbocycles. The largest absolute Gasteiger partial charge is 0.416 e. The molecule has 2 rings (SSSR count). The van der Waals surface area contributed by atoms with Gasteiger partial charge < -0.3 is 4.84 Å². The van der Waals surface area contributed by atoms with Crippen LogP contribution in [0, 0.1) is 0 Å². The second-order valence-corrected chi connectivity index (χ2v) is 3.94. The van der Waals surface area contributed by atoms with Crippen LogP contribution in [0.15, 0.2) is 29.4 Å². The van der Waals surface area contributed by atoms with E-state index in [0.717, 1.165) is 6.07 Å². The van der Waals surface area contributed by atoms with Crippen molar-refractivity contribution in [2.75, 3.05) is 5.88 Å². The Morgan fingerprint density at radius 3 is 2.65 bits per heavy atom. The summed E-state index contributed by atoms with van der Waals surface area (Å²) < 4.78 is 38.3. The Bertz CT molecular complexity index is 445. The van der Waals surface area contributed by atoms with Crippen LogP contribution in [-0.2, 0) is 11.0 Å². The van der Waals surface area contributed by atoms with Gasteiger partial charge in [-0.05, 0) is 6.07 Å². The number of hydrogen-bond donors (Lipinski definition) is 0. The number of hydrogen-bond acceptors (Lipinski definition) is 2. The average molecular weight is 264 g/mol. The van der Waals surface area contributed by atoms with Crippen LogP contribution < -0.4 is 0 Å².